The first-order chi connectivity index (χ1) is 14.3. The smallest absolute Gasteiger partial charge is 0.418 e. The Bertz CT molecular complexity index is 896. The Morgan fingerprint density at radius 2 is 2.07 bits per heavy atom. The van der Waals surface area contributed by atoms with Crippen LogP contribution in [-0.2, 0) is 9.53 Å². The van der Waals surface area contributed by atoms with Gasteiger partial charge in [-0.05, 0) is 19.3 Å². The lowest BCUT2D eigenvalue weighted by Gasteiger charge is -2.35. The van der Waals surface area contributed by atoms with Crippen LogP contribution in [0.1, 0.15) is 39.0 Å². The molecule has 0 aromatic carbocycles. The summed E-state index contributed by atoms with van der Waals surface area (Å²) in [5, 5.41) is 9.87. The number of ether oxygens (including phenoxy) is 1. The van der Waals surface area contributed by atoms with E-state index in [4.69, 9.17) is 21.9 Å². The van der Waals surface area contributed by atoms with Gasteiger partial charge in [0.05, 0.1) is 19.1 Å². The Morgan fingerprint density at radius 3 is 2.73 bits per heavy atom. The monoisotopic (exact) mass is 421 g/mol. The molecule has 0 aliphatic carbocycles. The number of unbranched alkanes of at least 4 members (excludes halogenated alkanes) is 2. The first-order valence-electron chi connectivity index (χ1n) is 9.50. The number of carbonyl (C=O) groups excluding carboxylic acids is 1. The van der Waals surface area contributed by atoms with Crippen molar-refractivity contribution in [2.45, 2.75) is 44.7 Å². The zero-order chi connectivity index (χ0) is 22.1. The van der Waals surface area contributed by atoms with Gasteiger partial charge in [0.1, 0.15) is 5.52 Å². The van der Waals surface area contributed by atoms with Crippen LogP contribution in [0.5, 0.6) is 0 Å². The van der Waals surface area contributed by atoms with Gasteiger partial charge in [-0.2, -0.15) is 4.98 Å². The van der Waals surface area contributed by atoms with E-state index < -0.39 is 17.7 Å². The van der Waals surface area contributed by atoms with Gasteiger partial charge in [0, 0.05) is 6.54 Å². The SMILES string of the molecule is CCCCCOC(=O)N(c1ncc2[nH]cnc2n1)[C@](N)(CCCN=C(N)N)C(=O)O. The van der Waals surface area contributed by atoms with E-state index in [1.54, 1.807) is 0 Å². The fourth-order valence-electron chi connectivity index (χ4n) is 2.70. The van der Waals surface area contributed by atoms with Crippen LogP contribution in [0.25, 0.3) is 11.2 Å². The molecule has 0 fully saturated rings. The molecule has 2 heterocycles. The first kappa shape index (κ1) is 22.8. The maximum atomic E-state index is 12.9. The molecule has 8 N–H and O–H groups in total. The number of anilines is 1. The second-order valence-electron chi connectivity index (χ2n) is 6.61. The third kappa shape index (κ3) is 5.53. The fraction of sp³-hybridized carbons (Fsp3) is 0.529. The van der Waals surface area contributed by atoms with Crippen molar-refractivity contribution in [1.82, 2.24) is 19.9 Å². The summed E-state index contributed by atoms with van der Waals surface area (Å²) in [5.74, 6) is -1.82. The number of carboxylic acids is 1. The van der Waals surface area contributed by atoms with E-state index >= 15 is 0 Å². The molecule has 0 saturated carbocycles. The molecule has 0 radical (unpaired) electrons. The van der Waals surface area contributed by atoms with E-state index in [-0.39, 0.29) is 43.5 Å². The summed E-state index contributed by atoms with van der Waals surface area (Å²) in [4.78, 5) is 44.6. The van der Waals surface area contributed by atoms with Gasteiger partial charge in [0.2, 0.25) is 11.6 Å². The molecule has 2 aromatic rings. The average Bonchev–Trinajstić information content (AvgIpc) is 3.16. The summed E-state index contributed by atoms with van der Waals surface area (Å²) < 4.78 is 5.26. The Balaban J connectivity index is 2.36. The van der Waals surface area contributed by atoms with E-state index in [1.165, 1.54) is 12.5 Å². The number of carboxylic acid groups (broad SMARTS) is 1. The summed E-state index contributed by atoms with van der Waals surface area (Å²) in [6.45, 7) is 2.25. The number of aromatic nitrogens is 4. The minimum atomic E-state index is -2.19. The van der Waals surface area contributed by atoms with Gasteiger partial charge < -0.3 is 26.3 Å². The number of rotatable bonds is 11. The number of nitrogens with zero attached hydrogens (tertiary/aromatic N) is 5. The highest BCUT2D eigenvalue weighted by molar-refractivity contribution is 5.96. The molecule has 164 valence electrons. The maximum absolute atomic E-state index is 12.9. The molecule has 13 nitrogen and oxygen atoms in total. The second-order valence-corrected chi connectivity index (χ2v) is 6.61. The van der Waals surface area contributed by atoms with Crippen LogP contribution in [0.15, 0.2) is 17.5 Å². The van der Waals surface area contributed by atoms with Gasteiger partial charge in [-0.3, -0.25) is 10.7 Å². The lowest BCUT2D eigenvalue weighted by atomic mass is 10.0. The highest BCUT2D eigenvalue weighted by Gasteiger charge is 2.46. The van der Waals surface area contributed by atoms with Gasteiger partial charge in [-0.15, -0.1) is 0 Å². The van der Waals surface area contributed by atoms with Gasteiger partial charge >= 0.3 is 12.1 Å². The standard InChI is InChI=1S/C17H27N9O4/c1-2-3-4-8-30-16(29)26(15-22-9-11-12(25-15)24-10-23-11)17(20,13(27)28)6-5-7-21-14(18)19/h9-10H,2-8,20H2,1H3,(H,27,28)(H4,18,19,21)(H,22,23,24,25)/t17-/m1/s1. The zero-order valence-electron chi connectivity index (χ0n) is 16.7. The number of guanidine groups is 1. The molecule has 0 aliphatic heterocycles. The number of fused-ring (bicyclic) bond motifs is 1. The Kier molecular flexibility index (Phi) is 7.86. The third-order valence-corrected chi connectivity index (χ3v) is 4.30. The molecule has 30 heavy (non-hydrogen) atoms. The highest BCUT2D eigenvalue weighted by Crippen LogP contribution is 2.24. The number of carbonyl (C=O) groups is 2. The lowest BCUT2D eigenvalue weighted by Crippen LogP contribution is -2.64. The van der Waals surface area contributed by atoms with Crippen LogP contribution in [0.4, 0.5) is 10.7 Å². The number of nitrogens with one attached hydrogen (secondary N) is 1. The van der Waals surface area contributed by atoms with Crippen molar-refractivity contribution < 1.29 is 19.4 Å². The largest absolute Gasteiger partial charge is 0.478 e. The van der Waals surface area contributed by atoms with Crippen molar-refractivity contribution in [2.24, 2.45) is 22.2 Å². The molecular formula is C17H27N9O4. The zero-order valence-corrected chi connectivity index (χ0v) is 16.7. The molecule has 0 spiro atoms. The molecule has 0 saturated heterocycles. The normalized spacial score (nSPS) is 12.9. The third-order valence-electron chi connectivity index (χ3n) is 4.30. The minimum absolute atomic E-state index is 0.109. The summed E-state index contributed by atoms with van der Waals surface area (Å²) in [7, 11) is 0. The van der Waals surface area contributed by atoms with E-state index in [2.05, 4.69) is 24.9 Å². The van der Waals surface area contributed by atoms with E-state index in [0.29, 0.717) is 11.9 Å². The van der Waals surface area contributed by atoms with Crippen LogP contribution in [0.3, 0.4) is 0 Å². The topological polar surface area (TPSA) is 212 Å². The summed E-state index contributed by atoms with van der Waals surface area (Å²) >= 11 is 0. The van der Waals surface area contributed by atoms with Crippen molar-refractivity contribution in [3.05, 3.63) is 12.5 Å². The maximum Gasteiger partial charge on any atom is 0.418 e. The fourth-order valence-corrected chi connectivity index (χ4v) is 2.70. The number of amides is 1. The highest BCUT2D eigenvalue weighted by atomic mass is 16.6. The number of aliphatic imine (C=N–C) groups is 1. The number of hydrogen-bond donors (Lipinski definition) is 5. The molecule has 0 bridgehead atoms. The molecule has 0 aliphatic rings. The van der Waals surface area contributed by atoms with Crippen LogP contribution in [-0.4, -0.2) is 61.9 Å². The van der Waals surface area contributed by atoms with Crippen molar-refractivity contribution >= 4 is 35.1 Å². The molecule has 2 aromatic heterocycles. The van der Waals surface area contributed by atoms with Gasteiger partial charge in [-0.1, -0.05) is 19.8 Å². The van der Waals surface area contributed by atoms with Crippen molar-refractivity contribution in [2.75, 3.05) is 18.1 Å². The van der Waals surface area contributed by atoms with Crippen LogP contribution in [0, 0.1) is 0 Å². The quantitative estimate of drug-likeness (QED) is 0.145. The molecular weight excluding hydrogens is 394 g/mol. The Labute approximate surface area is 172 Å². The van der Waals surface area contributed by atoms with Crippen molar-refractivity contribution in [1.29, 1.82) is 0 Å². The van der Waals surface area contributed by atoms with Crippen LogP contribution < -0.4 is 22.1 Å². The molecule has 13 heteroatoms. The predicted octanol–water partition coefficient (Wildman–Crippen LogP) is 0.279. The number of hydrogen-bond acceptors (Lipinski definition) is 8. The van der Waals surface area contributed by atoms with Crippen LogP contribution in [0.2, 0.25) is 0 Å². The van der Waals surface area contributed by atoms with Gasteiger partial charge in [0.25, 0.3) is 0 Å². The van der Waals surface area contributed by atoms with Crippen molar-refractivity contribution in [3.63, 3.8) is 0 Å². The first-order valence-corrected chi connectivity index (χ1v) is 9.50. The number of H-pyrrole nitrogens is 1. The van der Waals surface area contributed by atoms with Gasteiger partial charge in [0.15, 0.2) is 11.6 Å². The summed E-state index contributed by atoms with van der Waals surface area (Å²) in [5.41, 5.74) is 15.3. The Morgan fingerprint density at radius 1 is 1.30 bits per heavy atom. The number of nitrogens with two attached hydrogens (primary N) is 3. The Hall–Kier alpha value is -3.48. The summed E-state index contributed by atoms with van der Waals surface area (Å²) in [6.07, 6.45) is 4.24. The predicted molar refractivity (Wildman–Crippen MR) is 110 cm³/mol. The number of aliphatic carboxylic acids is 1. The second kappa shape index (κ2) is 10.3. The number of aromatic amines is 1. The average molecular weight is 421 g/mol. The minimum Gasteiger partial charge on any atom is -0.478 e. The molecule has 1 atom stereocenters. The molecule has 1 amide bonds. The molecule has 2 rings (SSSR count). The van der Waals surface area contributed by atoms with Gasteiger partial charge in [-0.25, -0.2) is 24.5 Å². The summed E-state index contributed by atoms with van der Waals surface area (Å²) in [6, 6.07) is 0. The lowest BCUT2D eigenvalue weighted by molar-refractivity contribution is -0.143. The number of imidazole rings is 1. The van der Waals surface area contributed by atoms with Crippen LogP contribution >= 0.6 is 0 Å². The van der Waals surface area contributed by atoms with Crippen molar-refractivity contribution in [3.8, 4) is 0 Å². The van der Waals surface area contributed by atoms with E-state index in [1.807, 2.05) is 6.92 Å². The van der Waals surface area contributed by atoms with E-state index in [9.17, 15) is 14.7 Å². The molecule has 0 unspecified atom stereocenters. The van der Waals surface area contributed by atoms with E-state index in [0.717, 1.165) is 17.7 Å².